The number of rotatable bonds is 3. The summed E-state index contributed by atoms with van der Waals surface area (Å²) in [7, 11) is 0. The first-order valence-corrected chi connectivity index (χ1v) is 4.71. The van der Waals surface area contributed by atoms with E-state index in [1.165, 1.54) is 0 Å². The molecule has 0 spiro atoms. The van der Waals surface area contributed by atoms with Gasteiger partial charge in [0.1, 0.15) is 6.29 Å². The fraction of sp³-hybridized carbons (Fsp3) is 0.900. The van der Waals surface area contributed by atoms with Crippen molar-refractivity contribution in [1.82, 2.24) is 0 Å². The molecule has 0 unspecified atom stereocenters. The van der Waals surface area contributed by atoms with Crippen LogP contribution in [0.1, 0.15) is 40.0 Å². The van der Waals surface area contributed by atoms with Gasteiger partial charge in [-0.2, -0.15) is 0 Å². The molecular formula is C10H18O3. The highest BCUT2D eigenvalue weighted by Crippen LogP contribution is 2.36. The van der Waals surface area contributed by atoms with Crippen LogP contribution in [0.15, 0.2) is 0 Å². The summed E-state index contributed by atoms with van der Waals surface area (Å²) in [5, 5.41) is 9.70. The Balaban J connectivity index is 2.58. The van der Waals surface area contributed by atoms with Crippen molar-refractivity contribution in [2.75, 3.05) is 0 Å². The van der Waals surface area contributed by atoms with Crippen LogP contribution in [0.25, 0.3) is 0 Å². The second-order valence-electron chi connectivity index (χ2n) is 4.62. The minimum atomic E-state index is -0.805. The Hall–Kier alpha value is -0.410. The number of ether oxygens (including phenoxy) is 1. The Labute approximate surface area is 79.1 Å². The summed E-state index contributed by atoms with van der Waals surface area (Å²) < 4.78 is 5.67. The molecule has 1 saturated heterocycles. The third-order valence-corrected chi connectivity index (χ3v) is 2.67. The smallest absolute Gasteiger partial charge is 0.122 e. The first kappa shape index (κ1) is 10.7. The minimum Gasteiger partial charge on any atom is -0.388 e. The molecular weight excluding hydrogens is 168 g/mol. The third kappa shape index (κ3) is 2.51. The molecule has 0 aromatic rings. The molecule has 1 rings (SSSR count). The molecule has 0 radical (unpaired) electrons. The molecule has 0 bridgehead atoms. The zero-order valence-electron chi connectivity index (χ0n) is 8.54. The Morgan fingerprint density at radius 1 is 1.69 bits per heavy atom. The average molecular weight is 186 g/mol. The first-order valence-electron chi connectivity index (χ1n) is 4.71. The average Bonchev–Trinajstić information content (AvgIpc) is 2.31. The van der Waals surface area contributed by atoms with Gasteiger partial charge >= 0.3 is 0 Å². The molecule has 13 heavy (non-hydrogen) atoms. The van der Waals surface area contributed by atoms with Crippen LogP contribution in [0.4, 0.5) is 0 Å². The van der Waals surface area contributed by atoms with Crippen LogP contribution < -0.4 is 0 Å². The molecule has 2 atom stereocenters. The molecule has 0 amide bonds. The van der Waals surface area contributed by atoms with E-state index in [1.807, 2.05) is 6.92 Å². The van der Waals surface area contributed by atoms with E-state index in [2.05, 4.69) is 0 Å². The maximum Gasteiger partial charge on any atom is 0.122 e. The number of carbonyl (C=O) groups is 1. The van der Waals surface area contributed by atoms with E-state index in [0.717, 1.165) is 19.1 Å². The second kappa shape index (κ2) is 3.39. The molecule has 0 aromatic carbocycles. The first-order chi connectivity index (χ1) is 5.87. The van der Waals surface area contributed by atoms with Crippen LogP contribution in [0.5, 0.6) is 0 Å². The minimum absolute atomic E-state index is 0.141. The molecule has 3 nitrogen and oxygen atoms in total. The van der Waals surface area contributed by atoms with Crippen molar-refractivity contribution in [3.05, 3.63) is 0 Å². The summed E-state index contributed by atoms with van der Waals surface area (Å²) in [6.45, 7) is 5.40. The number of hydrogen-bond acceptors (Lipinski definition) is 3. The predicted octanol–water partition coefficient (Wildman–Crippen LogP) is 1.28. The Morgan fingerprint density at radius 2 is 2.31 bits per heavy atom. The lowest BCUT2D eigenvalue weighted by Gasteiger charge is -2.28. The quantitative estimate of drug-likeness (QED) is 0.675. The lowest BCUT2D eigenvalue weighted by molar-refractivity contribution is -0.128. The lowest BCUT2D eigenvalue weighted by Crippen LogP contribution is -2.38. The predicted molar refractivity (Wildman–Crippen MR) is 49.5 cm³/mol. The van der Waals surface area contributed by atoms with Gasteiger partial charge in [-0.05, 0) is 33.6 Å². The van der Waals surface area contributed by atoms with E-state index in [0.29, 0.717) is 6.42 Å². The molecule has 1 aliphatic rings. The van der Waals surface area contributed by atoms with Crippen LogP contribution in [0, 0.1) is 0 Å². The van der Waals surface area contributed by atoms with Gasteiger partial charge in [-0.1, -0.05) is 0 Å². The summed E-state index contributed by atoms with van der Waals surface area (Å²) in [6.07, 6.45) is 2.83. The summed E-state index contributed by atoms with van der Waals surface area (Å²) in [5.74, 6) is 0. The van der Waals surface area contributed by atoms with E-state index >= 15 is 0 Å². The van der Waals surface area contributed by atoms with Crippen LogP contribution in [-0.4, -0.2) is 28.7 Å². The van der Waals surface area contributed by atoms with Gasteiger partial charge in [-0.15, -0.1) is 0 Å². The van der Waals surface area contributed by atoms with Gasteiger partial charge in [-0.25, -0.2) is 0 Å². The van der Waals surface area contributed by atoms with Gasteiger partial charge in [0.25, 0.3) is 0 Å². The van der Waals surface area contributed by atoms with Crippen molar-refractivity contribution >= 4 is 6.29 Å². The van der Waals surface area contributed by atoms with Gasteiger partial charge in [0.05, 0.1) is 17.3 Å². The maximum absolute atomic E-state index is 10.4. The van der Waals surface area contributed by atoms with Gasteiger partial charge in [0.2, 0.25) is 0 Å². The van der Waals surface area contributed by atoms with Crippen LogP contribution in [-0.2, 0) is 9.53 Å². The van der Waals surface area contributed by atoms with E-state index < -0.39 is 5.60 Å². The van der Waals surface area contributed by atoms with Crippen LogP contribution >= 0.6 is 0 Å². The molecule has 1 fully saturated rings. The topological polar surface area (TPSA) is 46.5 Å². The van der Waals surface area contributed by atoms with Crippen molar-refractivity contribution in [1.29, 1.82) is 0 Å². The highest BCUT2D eigenvalue weighted by molar-refractivity contribution is 5.51. The monoisotopic (exact) mass is 186 g/mol. The fourth-order valence-corrected chi connectivity index (χ4v) is 1.72. The van der Waals surface area contributed by atoms with E-state index in [-0.39, 0.29) is 11.7 Å². The SMILES string of the molecule is CC(C)(O)[C@H]1CC[C@](C)(CC=O)O1. The number of carbonyl (C=O) groups excluding carboxylic acids is 1. The molecule has 1 heterocycles. The Bertz CT molecular complexity index is 195. The number of aliphatic hydroxyl groups is 1. The second-order valence-corrected chi connectivity index (χ2v) is 4.62. The van der Waals surface area contributed by atoms with Crippen LogP contribution in [0.3, 0.4) is 0 Å². The van der Waals surface area contributed by atoms with E-state index in [1.54, 1.807) is 13.8 Å². The number of hydrogen-bond donors (Lipinski definition) is 1. The third-order valence-electron chi connectivity index (χ3n) is 2.67. The van der Waals surface area contributed by atoms with Crippen molar-refractivity contribution in [2.24, 2.45) is 0 Å². The van der Waals surface area contributed by atoms with Crippen molar-refractivity contribution in [3.8, 4) is 0 Å². The summed E-state index contributed by atoms with van der Waals surface area (Å²) in [4.78, 5) is 10.4. The molecule has 1 aliphatic heterocycles. The lowest BCUT2D eigenvalue weighted by atomic mass is 9.96. The van der Waals surface area contributed by atoms with Crippen molar-refractivity contribution in [2.45, 2.75) is 57.3 Å². The zero-order chi connectivity index (χ0) is 10.1. The number of aldehydes is 1. The van der Waals surface area contributed by atoms with Gasteiger partial charge < -0.3 is 14.6 Å². The molecule has 0 aliphatic carbocycles. The van der Waals surface area contributed by atoms with E-state index in [9.17, 15) is 9.90 Å². The fourth-order valence-electron chi connectivity index (χ4n) is 1.72. The largest absolute Gasteiger partial charge is 0.388 e. The maximum atomic E-state index is 10.4. The molecule has 1 N–H and O–H groups in total. The Kier molecular flexibility index (Phi) is 2.78. The summed E-state index contributed by atoms with van der Waals surface area (Å²) >= 11 is 0. The van der Waals surface area contributed by atoms with Gasteiger partial charge in [0, 0.05) is 6.42 Å². The van der Waals surface area contributed by atoms with E-state index in [4.69, 9.17) is 4.74 Å². The highest BCUT2D eigenvalue weighted by Gasteiger charge is 2.41. The highest BCUT2D eigenvalue weighted by atomic mass is 16.5. The van der Waals surface area contributed by atoms with Crippen molar-refractivity contribution < 1.29 is 14.6 Å². The normalized spacial score (nSPS) is 34.9. The van der Waals surface area contributed by atoms with Crippen LogP contribution in [0.2, 0.25) is 0 Å². The Morgan fingerprint density at radius 3 is 2.69 bits per heavy atom. The molecule has 3 heteroatoms. The molecule has 0 saturated carbocycles. The molecule has 76 valence electrons. The molecule has 0 aromatic heterocycles. The van der Waals surface area contributed by atoms with Gasteiger partial charge in [-0.3, -0.25) is 0 Å². The zero-order valence-corrected chi connectivity index (χ0v) is 8.54. The van der Waals surface area contributed by atoms with Crippen molar-refractivity contribution in [3.63, 3.8) is 0 Å². The standard InChI is InChI=1S/C10H18O3/c1-9(2,12)8-4-5-10(3,13-8)6-7-11/h7-8,12H,4-6H2,1-3H3/t8-,10-/m1/s1. The summed E-state index contributed by atoms with van der Waals surface area (Å²) in [5.41, 5.74) is -1.16. The summed E-state index contributed by atoms with van der Waals surface area (Å²) in [6, 6.07) is 0. The van der Waals surface area contributed by atoms with Gasteiger partial charge in [0.15, 0.2) is 0 Å².